The lowest BCUT2D eigenvalue weighted by Gasteiger charge is -2.23. The molecule has 35 heavy (non-hydrogen) atoms. The summed E-state index contributed by atoms with van der Waals surface area (Å²) >= 11 is 5.85. The van der Waals surface area contributed by atoms with Crippen LogP contribution in [-0.4, -0.2) is 20.4 Å². The van der Waals surface area contributed by atoms with Gasteiger partial charge in [-0.15, -0.1) is 0 Å². The highest BCUT2D eigenvalue weighted by molar-refractivity contribution is 6.32. The van der Waals surface area contributed by atoms with E-state index in [0.717, 1.165) is 12.0 Å². The Bertz CT molecular complexity index is 1380. The number of nitro groups is 1. The fourth-order valence-electron chi connectivity index (χ4n) is 3.44. The molecule has 10 nitrogen and oxygen atoms in total. The van der Waals surface area contributed by atoms with E-state index in [0.29, 0.717) is 12.0 Å². The molecule has 1 aromatic heterocycles. The lowest BCUT2D eigenvalue weighted by atomic mass is 10.1. The maximum Gasteiger partial charge on any atom is 0.330 e. The molecule has 0 spiro atoms. The molecule has 182 valence electrons. The number of nitrogens with one attached hydrogen (secondary N) is 1. The van der Waals surface area contributed by atoms with Crippen molar-refractivity contribution in [2.24, 2.45) is 0 Å². The molecule has 3 aromatic rings. The van der Waals surface area contributed by atoms with Gasteiger partial charge in [-0.05, 0) is 29.7 Å². The van der Waals surface area contributed by atoms with Crippen molar-refractivity contribution in [3.05, 3.63) is 102 Å². The maximum absolute atomic E-state index is 13.3. The highest BCUT2D eigenvalue weighted by Gasteiger charge is 2.23. The predicted octanol–water partition coefficient (Wildman–Crippen LogP) is 3.73. The van der Waals surface area contributed by atoms with Crippen molar-refractivity contribution in [2.75, 3.05) is 10.6 Å². The molecule has 0 atom stereocenters. The summed E-state index contributed by atoms with van der Waals surface area (Å²) in [5, 5.41) is 11.1. The quantitative estimate of drug-likeness (QED) is 0.262. The number of aromatic nitrogens is 2. The SMILES string of the molecule is CCCCn1c(N)c(N(Cc2ccccc2)C(=O)/C=C/c2ccc(Cl)c([N+](=O)[O-])c2)c(=O)[nH]c1=O. The van der Waals surface area contributed by atoms with Crippen molar-refractivity contribution >= 4 is 40.8 Å². The Kier molecular flexibility index (Phi) is 8.21. The van der Waals surface area contributed by atoms with Crippen LogP contribution in [-0.2, 0) is 17.9 Å². The maximum atomic E-state index is 13.3. The number of anilines is 2. The van der Waals surface area contributed by atoms with Crippen LogP contribution < -0.4 is 21.9 Å². The molecule has 0 bridgehead atoms. The van der Waals surface area contributed by atoms with E-state index in [-0.39, 0.29) is 35.3 Å². The topological polar surface area (TPSA) is 144 Å². The first kappa shape index (κ1) is 25.4. The van der Waals surface area contributed by atoms with Crippen LogP contribution in [0, 0.1) is 10.1 Å². The molecule has 0 saturated carbocycles. The van der Waals surface area contributed by atoms with E-state index in [1.54, 1.807) is 24.3 Å². The van der Waals surface area contributed by atoms with E-state index in [1.165, 1.54) is 39.8 Å². The number of H-pyrrole nitrogens is 1. The van der Waals surface area contributed by atoms with Gasteiger partial charge in [0.15, 0.2) is 5.69 Å². The number of nitro benzene ring substituents is 1. The Labute approximate surface area is 205 Å². The van der Waals surface area contributed by atoms with E-state index in [2.05, 4.69) is 4.98 Å². The summed E-state index contributed by atoms with van der Waals surface area (Å²) in [5.74, 6) is -0.726. The number of nitrogens with zero attached hydrogens (tertiary/aromatic N) is 3. The summed E-state index contributed by atoms with van der Waals surface area (Å²) in [6.07, 6.45) is 4.00. The molecular weight excluding hydrogens is 474 g/mol. The number of amides is 1. The first-order valence-electron chi connectivity index (χ1n) is 10.8. The number of unbranched alkanes of at least 4 members (excludes halogenated alkanes) is 1. The molecule has 1 heterocycles. The second-order valence-corrected chi connectivity index (χ2v) is 8.12. The van der Waals surface area contributed by atoms with Crippen molar-refractivity contribution in [2.45, 2.75) is 32.9 Å². The van der Waals surface area contributed by atoms with Crippen molar-refractivity contribution in [3.8, 4) is 0 Å². The van der Waals surface area contributed by atoms with E-state index in [9.17, 15) is 24.5 Å². The third kappa shape index (κ3) is 6.04. The molecule has 0 radical (unpaired) electrons. The van der Waals surface area contributed by atoms with E-state index >= 15 is 0 Å². The Morgan fingerprint density at radius 2 is 1.94 bits per heavy atom. The van der Waals surface area contributed by atoms with Crippen LogP contribution in [0.2, 0.25) is 5.02 Å². The molecule has 3 rings (SSSR count). The van der Waals surface area contributed by atoms with Gasteiger partial charge in [-0.3, -0.25) is 34.2 Å². The van der Waals surface area contributed by atoms with Gasteiger partial charge in [0, 0.05) is 18.7 Å². The van der Waals surface area contributed by atoms with E-state index in [4.69, 9.17) is 17.3 Å². The lowest BCUT2D eigenvalue weighted by Crippen LogP contribution is -2.40. The standard InChI is InChI=1S/C24H24ClN5O5/c1-2-3-13-28-22(26)21(23(32)27-24(28)33)29(15-17-7-5-4-6-8-17)20(31)12-10-16-9-11-18(25)19(14-16)30(34)35/h4-12,14H,2-3,13,15,26H2,1H3,(H,27,32,33)/b12-10+. The molecular formula is C24H24ClN5O5. The van der Waals surface area contributed by atoms with Crippen LogP contribution in [0.1, 0.15) is 30.9 Å². The van der Waals surface area contributed by atoms with Gasteiger partial charge in [0.2, 0.25) is 0 Å². The number of halogens is 1. The number of nitrogens with two attached hydrogens (primary N) is 1. The molecule has 0 aliphatic carbocycles. The smallest absolute Gasteiger partial charge is 0.330 e. The summed E-state index contributed by atoms with van der Waals surface area (Å²) in [6, 6.07) is 13.1. The molecule has 3 N–H and O–H groups in total. The van der Waals surface area contributed by atoms with Gasteiger partial charge in [-0.1, -0.05) is 61.3 Å². The number of hydrogen-bond acceptors (Lipinski definition) is 6. The molecule has 0 fully saturated rings. The average Bonchev–Trinajstić information content (AvgIpc) is 2.83. The molecule has 0 aliphatic rings. The van der Waals surface area contributed by atoms with Crippen molar-refractivity contribution in [1.82, 2.24) is 9.55 Å². The first-order chi connectivity index (χ1) is 16.7. The molecule has 0 aliphatic heterocycles. The first-order valence-corrected chi connectivity index (χ1v) is 11.2. The minimum Gasteiger partial charge on any atom is -0.383 e. The second kappa shape index (κ2) is 11.3. The minimum atomic E-state index is -0.792. The van der Waals surface area contributed by atoms with Gasteiger partial charge in [-0.25, -0.2) is 4.79 Å². The fourth-order valence-corrected chi connectivity index (χ4v) is 3.63. The number of hydrogen-bond donors (Lipinski definition) is 2. The number of carbonyl (C=O) groups is 1. The lowest BCUT2D eigenvalue weighted by molar-refractivity contribution is -0.384. The van der Waals surface area contributed by atoms with Gasteiger partial charge in [0.25, 0.3) is 17.2 Å². The van der Waals surface area contributed by atoms with Crippen LogP contribution in [0.3, 0.4) is 0 Å². The number of carbonyl (C=O) groups excluding carboxylic acids is 1. The molecule has 2 aromatic carbocycles. The minimum absolute atomic E-state index is 0.00401. The number of rotatable bonds is 9. The summed E-state index contributed by atoms with van der Waals surface area (Å²) in [6.45, 7) is 2.23. The zero-order valence-electron chi connectivity index (χ0n) is 18.9. The van der Waals surface area contributed by atoms with Crippen LogP contribution in [0.4, 0.5) is 17.2 Å². The van der Waals surface area contributed by atoms with Crippen LogP contribution in [0.5, 0.6) is 0 Å². The van der Waals surface area contributed by atoms with Crippen molar-refractivity contribution in [1.29, 1.82) is 0 Å². The zero-order chi connectivity index (χ0) is 25.5. The highest BCUT2D eigenvalue weighted by Crippen LogP contribution is 2.26. The Balaban J connectivity index is 2.06. The van der Waals surface area contributed by atoms with E-state index in [1.807, 2.05) is 13.0 Å². The van der Waals surface area contributed by atoms with Crippen LogP contribution >= 0.6 is 11.6 Å². The Morgan fingerprint density at radius 1 is 1.23 bits per heavy atom. The van der Waals surface area contributed by atoms with Crippen LogP contribution in [0.15, 0.2) is 64.2 Å². The number of benzene rings is 2. The van der Waals surface area contributed by atoms with Crippen molar-refractivity contribution in [3.63, 3.8) is 0 Å². The Morgan fingerprint density at radius 3 is 2.60 bits per heavy atom. The normalized spacial score (nSPS) is 11.0. The van der Waals surface area contributed by atoms with Gasteiger partial charge in [-0.2, -0.15) is 0 Å². The molecule has 11 heteroatoms. The average molecular weight is 498 g/mol. The number of aromatic amines is 1. The van der Waals surface area contributed by atoms with Crippen LogP contribution in [0.25, 0.3) is 6.08 Å². The van der Waals surface area contributed by atoms with Gasteiger partial charge in [0.1, 0.15) is 10.8 Å². The number of nitrogen functional groups attached to an aromatic ring is 1. The summed E-state index contributed by atoms with van der Waals surface area (Å²) < 4.78 is 1.23. The van der Waals surface area contributed by atoms with Gasteiger partial charge >= 0.3 is 5.69 Å². The van der Waals surface area contributed by atoms with Gasteiger partial charge in [0.05, 0.1) is 11.5 Å². The fraction of sp³-hybridized carbons (Fsp3) is 0.208. The molecule has 0 saturated heterocycles. The third-order valence-electron chi connectivity index (χ3n) is 5.25. The highest BCUT2D eigenvalue weighted by atomic mass is 35.5. The molecule has 0 unspecified atom stereocenters. The summed E-state index contributed by atoms with van der Waals surface area (Å²) in [7, 11) is 0. The third-order valence-corrected chi connectivity index (χ3v) is 5.57. The van der Waals surface area contributed by atoms with E-state index < -0.39 is 22.1 Å². The van der Waals surface area contributed by atoms with Gasteiger partial charge < -0.3 is 5.73 Å². The predicted molar refractivity (Wildman–Crippen MR) is 135 cm³/mol. The Hall–Kier alpha value is -4.18. The largest absolute Gasteiger partial charge is 0.383 e. The van der Waals surface area contributed by atoms with Crippen molar-refractivity contribution < 1.29 is 9.72 Å². The summed E-state index contributed by atoms with van der Waals surface area (Å²) in [4.78, 5) is 52.4. The molecule has 1 amide bonds. The zero-order valence-corrected chi connectivity index (χ0v) is 19.7. The summed E-state index contributed by atoms with van der Waals surface area (Å²) in [5.41, 5.74) is 5.42. The monoisotopic (exact) mass is 497 g/mol. The second-order valence-electron chi connectivity index (χ2n) is 7.71.